The Bertz CT molecular complexity index is 655. The molecule has 2 N–H and O–H groups in total. The minimum atomic E-state index is -1.11. The Labute approximate surface area is 103 Å². The number of nitrogens with zero attached hydrogens (tertiary/aromatic N) is 1. The highest BCUT2D eigenvalue weighted by Gasteiger charge is 2.21. The van der Waals surface area contributed by atoms with Crippen LogP contribution in [0.25, 0.3) is 10.9 Å². The number of aryl methyl sites for hydroxylation is 2. The lowest BCUT2D eigenvalue weighted by Crippen LogP contribution is -2.15. The van der Waals surface area contributed by atoms with Crippen molar-refractivity contribution in [2.45, 2.75) is 20.4 Å². The molecule has 0 atom stereocenters. The molecule has 0 unspecified atom stereocenters. The Morgan fingerprint density at radius 3 is 2.44 bits per heavy atom. The second kappa shape index (κ2) is 4.18. The second-order valence-corrected chi connectivity index (χ2v) is 4.23. The van der Waals surface area contributed by atoms with Crippen LogP contribution in [-0.2, 0) is 11.3 Å². The summed E-state index contributed by atoms with van der Waals surface area (Å²) in [4.78, 5) is 22.2. The van der Waals surface area contributed by atoms with E-state index in [1.54, 1.807) is 6.92 Å². The molecular formula is C13H13NO4. The average molecular weight is 247 g/mol. The summed E-state index contributed by atoms with van der Waals surface area (Å²) in [5, 5.41) is 18.9. The van der Waals surface area contributed by atoms with E-state index in [0.29, 0.717) is 11.1 Å². The summed E-state index contributed by atoms with van der Waals surface area (Å²) < 4.78 is 1.35. The summed E-state index contributed by atoms with van der Waals surface area (Å²) in [6.45, 7) is 3.19. The summed E-state index contributed by atoms with van der Waals surface area (Å²) in [5.74, 6) is -2.16. The van der Waals surface area contributed by atoms with Crippen molar-refractivity contribution >= 4 is 22.8 Å². The number of carboxylic acids is 2. The Morgan fingerprint density at radius 2 is 1.89 bits per heavy atom. The molecule has 18 heavy (non-hydrogen) atoms. The summed E-state index contributed by atoms with van der Waals surface area (Å²) in [6.07, 6.45) is 0. The van der Waals surface area contributed by atoms with Crippen LogP contribution in [0.2, 0.25) is 0 Å². The van der Waals surface area contributed by atoms with Crippen LogP contribution in [-0.4, -0.2) is 26.7 Å². The summed E-state index contributed by atoms with van der Waals surface area (Å²) in [7, 11) is 0. The van der Waals surface area contributed by atoms with Crippen molar-refractivity contribution in [3.05, 3.63) is 35.0 Å². The predicted octanol–water partition coefficient (Wildman–Crippen LogP) is 2.04. The van der Waals surface area contributed by atoms with Crippen molar-refractivity contribution in [1.82, 2.24) is 4.57 Å². The molecule has 0 amide bonds. The van der Waals surface area contributed by atoms with E-state index in [9.17, 15) is 14.7 Å². The molecule has 0 aliphatic heterocycles. The van der Waals surface area contributed by atoms with Crippen molar-refractivity contribution < 1.29 is 19.8 Å². The molecule has 1 aromatic heterocycles. The van der Waals surface area contributed by atoms with Gasteiger partial charge < -0.3 is 14.8 Å². The molecule has 0 bridgehead atoms. The second-order valence-electron chi connectivity index (χ2n) is 4.23. The van der Waals surface area contributed by atoms with Crippen LogP contribution in [0.15, 0.2) is 18.2 Å². The lowest BCUT2D eigenvalue weighted by molar-refractivity contribution is -0.137. The standard InChI is InChI=1S/C13H13NO4/c1-7-4-3-5-9-8(2)12(13(17)18)14(11(7)9)6-10(15)16/h3-5H,6H2,1-2H3,(H,15,16)(H,17,18). The zero-order chi connectivity index (χ0) is 13.4. The highest BCUT2D eigenvalue weighted by atomic mass is 16.4. The van der Waals surface area contributed by atoms with E-state index in [1.807, 2.05) is 25.1 Å². The number of fused-ring (bicyclic) bond motifs is 1. The van der Waals surface area contributed by atoms with E-state index < -0.39 is 11.9 Å². The molecule has 5 nitrogen and oxygen atoms in total. The monoisotopic (exact) mass is 247 g/mol. The zero-order valence-corrected chi connectivity index (χ0v) is 10.1. The Balaban J connectivity index is 2.89. The molecular weight excluding hydrogens is 234 g/mol. The zero-order valence-electron chi connectivity index (χ0n) is 10.1. The largest absolute Gasteiger partial charge is 0.480 e. The van der Waals surface area contributed by atoms with Gasteiger partial charge in [0.15, 0.2) is 0 Å². The quantitative estimate of drug-likeness (QED) is 0.869. The molecule has 0 saturated carbocycles. The van der Waals surface area contributed by atoms with Crippen LogP contribution >= 0.6 is 0 Å². The van der Waals surface area contributed by atoms with Gasteiger partial charge in [-0.05, 0) is 25.0 Å². The molecule has 5 heteroatoms. The first-order chi connectivity index (χ1) is 8.43. The number of hydrogen-bond donors (Lipinski definition) is 2. The Morgan fingerprint density at radius 1 is 1.22 bits per heavy atom. The van der Waals surface area contributed by atoms with Crippen LogP contribution in [0.4, 0.5) is 0 Å². The Kier molecular flexibility index (Phi) is 2.82. The fraction of sp³-hybridized carbons (Fsp3) is 0.231. The summed E-state index contributed by atoms with van der Waals surface area (Å²) in [5.41, 5.74) is 2.18. The fourth-order valence-electron chi connectivity index (χ4n) is 2.33. The van der Waals surface area contributed by atoms with Gasteiger partial charge in [-0.25, -0.2) is 4.79 Å². The van der Waals surface area contributed by atoms with Crippen LogP contribution in [0.1, 0.15) is 21.6 Å². The normalized spacial score (nSPS) is 10.8. The molecule has 0 fully saturated rings. The molecule has 0 radical (unpaired) electrons. The number of carbonyl (C=O) groups is 2. The Hall–Kier alpha value is -2.30. The number of para-hydroxylation sites is 1. The minimum absolute atomic E-state index is 0.0432. The van der Waals surface area contributed by atoms with Crippen LogP contribution in [0, 0.1) is 13.8 Å². The van der Waals surface area contributed by atoms with Gasteiger partial charge in [0, 0.05) is 5.39 Å². The number of benzene rings is 1. The number of hydrogen-bond acceptors (Lipinski definition) is 2. The molecule has 2 aromatic rings. The van der Waals surface area contributed by atoms with Crippen LogP contribution < -0.4 is 0 Å². The third-order valence-corrected chi connectivity index (χ3v) is 3.03. The first-order valence-corrected chi connectivity index (χ1v) is 5.47. The van der Waals surface area contributed by atoms with Gasteiger partial charge in [-0.2, -0.15) is 0 Å². The highest BCUT2D eigenvalue weighted by molar-refractivity contribution is 5.99. The number of rotatable bonds is 3. The highest BCUT2D eigenvalue weighted by Crippen LogP contribution is 2.28. The van der Waals surface area contributed by atoms with Gasteiger partial charge in [-0.3, -0.25) is 4.79 Å². The SMILES string of the molecule is Cc1c(C(=O)O)n(CC(=O)O)c2c(C)cccc12. The number of aromatic nitrogens is 1. The topological polar surface area (TPSA) is 79.5 Å². The van der Waals surface area contributed by atoms with Gasteiger partial charge in [0.25, 0.3) is 0 Å². The van der Waals surface area contributed by atoms with Gasteiger partial charge in [0.1, 0.15) is 12.2 Å². The van der Waals surface area contributed by atoms with Crippen molar-refractivity contribution in [2.75, 3.05) is 0 Å². The molecule has 0 spiro atoms. The van der Waals surface area contributed by atoms with Crippen LogP contribution in [0.5, 0.6) is 0 Å². The first kappa shape index (κ1) is 12.2. The lowest BCUT2D eigenvalue weighted by Gasteiger charge is -2.06. The van der Waals surface area contributed by atoms with Gasteiger partial charge in [0.2, 0.25) is 0 Å². The fourth-order valence-corrected chi connectivity index (χ4v) is 2.33. The first-order valence-electron chi connectivity index (χ1n) is 5.47. The lowest BCUT2D eigenvalue weighted by atomic mass is 10.1. The van der Waals surface area contributed by atoms with E-state index in [4.69, 9.17) is 5.11 Å². The van der Waals surface area contributed by atoms with E-state index in [1.165, 1.54) is 4.57 Å². The molecule has 1 aromatic carbocycles. The number of aliphatic carboxylic acids is 1. The van der Waals surface area contributed by atoms with Crippen molar-refractivity contribution in [3.63, 3.8) is 0 Å². The maximum absolute atomic E-state index is 11.3. The molecule has 94 valence electrons. The van der Waals surface area contributed by atoms with E-state index in [2.05, 4.69) is 0 Å². The van der Waals surface area contributed by atoms with Gasteiger partial charge in [0.05, 0.1) is 5.52 Å². The number of aromatic carboxylic acids is 1. The molecule has 2 rings (SSSR count). The van der Waals surface area contributed by atoms with Gasteiger partial charge in [-0.1, -0.05) is 18.2 Å². The van der Waals surface area contributed by atoms with Crippen LogP contribution in [0.3, 0.4) is 0 Å². The van der Waals surface area contributed by atoms with Crippen molar-refractivity contribution in [2.24, 2.45) is 0 Å². The van der Waals surface area contributed by atoms with E-state index >= 15 is 0 Å². The average Bonchev–Trinajstić information content (AvgIpc) is 2.52. The third-order valence-electron chi connectivity index (χ3n) is 3.03. The summed E-state index contributed by atoms with van der Waals surface area (Å²) >= 11 is 0. The maximum atomic E-state index is 11.3. The van der Waals surface area contributed by atoms with Crippen molar-refractivity contribution in [3.8, 4) is 0 Å². The molecule has 0 aliphatic carbocycles. The molecule has 1 heterocycles. The van der Waals surface area contributed by atoms with Gasteiger partial charge >= 0.3 is 11.9 Å². The van der Waals surface area contributed by atoms with E-state index in [-0.39, 0.29) is 12.2 Å². The maximum Gasteiger partial charge on any atom is 0.352 e. The smallest absolute Gasteiger partial charge is 0.352 e. The third kappa shape index (κ3) is 1.73. The minimum Gasteiger partial charge on any atom is -0.480 e. The predicted molar refractivity (Wildman–Crippen MR) is 66.0 cm³/mol. The molecule has 0 saturated heterocycles. The van der Waals surface area contributed by atoms with Crippen molar-refractivity contribution in [1.29, 1.82) is 0 Å². The summed E-state index contributed by atoms with van der Waals surface area (Å²) in [6, 6.07) is 5.48. The van der Waals surface area contributed by atoms with Gasteiger partial charge in [-0.15, -0.1) is 0 Å². The number of carboxylic acid groups (broad SMARTS) is 2. The molecule has 0 aliphatic rings. The van der Waals surface area contributed by atoms with E-state index in [0.717, 1.165) is 10.9 Å².